The van der Waals surface area contributed by atoms with Crippen molar-refractivity contribution < 1.29 is 4.79 Å². The van der Waals surface area contributed by atoms with Crippen LogP contribution in [0.3, 0.4) is 0 Å². The minimum atomic E-state index is -0.507. The van der Waals surface area contributed by atoms with Gasteiger partial charge in [-0.2, -0.15) is 5.10 Å². The van der Waals surface area contributed by atoms with E-state index in [1.54, 1.807) is 41.6 Å². The lowest BCUT2D eigenvalue weighted by molar-refractivity contribution is 0.100. The number of primary amides is 1. The molecule has 6 rings (SSSR count). The van der Waals surface area contributed by atoms with Crippen LogP contribution in [-0.2, 0) is 6.54 Å². The summed E-state index contributed by atoms with van der Waals surface area (Å²) in [5.74, 6) is 0.854. The van der Waals surface area contributed by atoms with Crippen molar-refractivity contribution in [3.05, 3.63) is 71.7 Å². The van der Waals surface area contributed by atoms with Crippen LogP contribution in [-0.4, -0.2) is 48.3 Å². The molecule has 4 N–H and O–H groups in total. The number of fused-ring (bicyclic) bond motifs is 1. The molecule has 184 valence electrons. The zero-order valence-electron chi connectivity index (χ0n) is 19.3. The van der Waals surface area contributed by atoms with E-state index in [0.717, 1.165) is 53.9 Å². The van der Waals surface area contributed by atoms with Gasteiger partial charge in [-0.3, -0.25) is 9.48 Å². The smallest absolute Gasteiger partial charge is 0.250 e. The van der Waals surface area contributed by atoms with Gasteiger partial charge in [-0.05, 0) is 31.0 Å². The number of piperidine rings is 1. The predicted molar refractivity (Wildman–Crippen MR) is 136 cm³/mol. The summed E-state index contributed by atoms with van der Waals surface area (Å²) >= 11 is 8.04. The second-order valence-electron chi connectivity index (χ2n) is 9.17. The number of hydrogen-bond acceptors (Lipinski definition) is 8. The summed E-state index contributed by atoms with van der Waals surface area (Å²) in [6.07, 6.45) is 12.3. The third-order valence-corrected chi connectivity index (χ3v) is 8.63. The fourth-order valence-electron chi connectivity index (χ4n) is 5.09. The third-order valence-electron chi connectivity index (χ3n) is 7.16. The van der Waals surface area contributed by atoms with Crippen LogP contribution in [0.5, 0.6) is 0 Å². The molecule has 0 saturated carbocycles. The largest absolute Gasteiger partial charge is 0.366 e. The molecule has 6 heterocycles. The number of amides is 1. The van der Waals surface area contributed by atoms with Crippen molar-refractivity contribution in [2.45, 2.75) is 35.3 Å². The summed E-state index contributed by atoms with van der Waals surface area (Å²) in [6, 6.07) is 5.50. The molecule has 0 unspecified atom stereocenters. The molecule has 1 amide bonds. The molecule has 0 aromatic carbocycles. The van der Waals surface area contributed by atoms with Gasteiger partial charge in [0.05, 0.1) is 34.7 Å². The zero-order chi connectivity index (χ0) is 24.9. The highest BCUT2D eigenvalue weighted by atomic mass is 35.5. The fourth-order valence-corrected chi connectivity index (χ4v) is 6.16. The number of nitrogens with zero attached hydrogens (tertiary/aromatic N) is 7. The maximum absolute atomic E-state index is 11.4. The first-order chi connectivity index (χ1) is 17.4. The number of halogens is 1. The van der Waals surface area contributed by atoms with Gasteiger partial charge in [0.1, 0.15) is 10.8 Å². The normalized spacial score (nSPS) is 18.5. The minimum Gasteiger partial charge on any atom is -0.366 e. The van der Waals surface area contributed by atoms with E-state index >= 15 is 0 Å². The fraction of sp³-hybridized carbons (Fsp3) is 0.292. The highest BCUT2D eigenvalue weighted by Gasteiger charge is 2.46. The topological polar surface area (TPSA) is 134 Å². The molecule has 1 atom stereocenters. The lowest BCUT2D eigenvalue weighted by Gasteiger charge is -2.41. The van der Waals surface area contributed by atoms with Crippen LogP contribution in [0, 0.1) is 5.41 Å². The van der Waals surface area contributed by atoms with Gasteiger partial charge < -0.3 is 20.9 Å². The molecule has 0 radical (unpaired) electrons. The lowest BCUT2D eigenvalue weighted by atomic mass is 9.73. The Morgan fingerprint density at radius 1 is 1.11 bits per heavy atom. The predicted octanol–water partition coefficient (Wildman–Crippen LogP) is 3.06. The Labute approximate surface area is 216 Å². The van der Waals surface area contributed by atoms with E-state index in [9.17, 15) is 4.79 Å². The number of aromatic nitrogens is 6. The SMILES string of the molecule is NC(=O)c1ccn(-c2nccc(Sc3cnc(N4CCC5(CC4)Cn4nccc4[C@H]5N)cn3)c2Cl)c1. The first-order valence-electron chi connectivity index (χ1n) is 11.6. The number of anilines is 1. The quantitative estimate of drug-likeness (QED) is 0.409. The maximum atomic E-state index is 11.4. The van der Waals surface area contributed by atoms with Gasteiger partial charge in [0.15, 0.2) is 5.82 Å². The second kappa shape index (κ2) is 8.91. The monoisotopic (exact) mass is 521 g/mol. The van der Waals surface area contributed by atoms with Gasteiger partial charge in [0.25, 0.3) is 0 Å². The molecule has 36 heavy (non-hydrogen) atoms. The number of carbonyl (C=O) groups is 1. The van der Waals surface area contributed by atoms with Crippen LogP contribution in [0.4, 0.5) is 5.82 Å². The first kappa shape index (κ1) is 23.0. The molecular formula is C24H24ClN9OS. The van der Waals surface area contributed by atoms with E-state index in [0.29, 0.717) is 16.4 Å². The summed E-state index contributed by atoms with van der Waals surface area (Å²) in [6.45, 7) is 2.64. The second-order valence-corrected chi connectivity index (χ2v) is 10.6. The van der Waals surface area contributed by atoms with E-state index in [1.165, 1.54) is 11.8 Å². The highest BCUT2D eigenvalue weighted by Crippen LogP contribution is 2.47. The zero-order valence-corrected chi connectivity index (χ0v) is 20.9. The molecule has 0 bridgehead atoms. The minimum absolute atomic E-state index is 0.0240. The average Bonchev–Trinajstić information content (AvgIpc) is 3.60. The molecule has 1 spiro atoms. The van der Waals surface area contributed by atoms with Crippen molar-refractivity contribution in [2.75, 3.05) is 18.0 Å². The Kier molecular flexibility index (Phi) is 5.70. The summed E-state index contributed by atoms with van der Waals surface area (Å²) in [5.41, 5.74) is 13.5. The Morgan fingerprint density at radius 3 is 2.64 bits per heavy atom. The van der Waals surface area contributed by atoms with Gasteiger partial charge >= 0.3 is 0 Å². The van der Waals surface area contributed by atoms with Crippen LogP contribution < -0.4 is 16.4 Å². The van der Waals surface area contributed by atoms with Gasteiger partial charge in [0.2, 0.25) is 5.91 Å². The molecular weight excluding hydrogens is 498 g/mol. The molecule has 4 aromatic rings. The molecule has 4 aromatic heterocycles. The van der Waals surface area contributed by atoms with Crippen LogP contribution in [0.25, 0.3) is 5.82 Å². The van der Waals surface area contributed by atoms with E-state index in [4.69, 9.17) is 23.1 Å². The molecule has 2 aliphatic rings. The number of carbonyl (C=O) groups excluding carboxylic acids is 1. The van der Waals surface area contributed by atoms with E-state index < -0.39 is 5.91 Å². The molecule has 0 aliphatic carbocycles. The van der Waals surface area contributed by atoms with Crippen molar-refractivity contribution in [2.24, 2.45) is 16.9 Å². The Balaban J connectivity index is 1.13. The Hall–Kier alpha value is -3.41. The van der Waals surface area contributed by atoms with Crippen LogP contribution >= 0.6 is 23.4 Å². The van der Waals surface area contributed by atoms with Crippen LogP contribution in [0.15, 0.2) is 65.3 Å². The van der Waals surface area contributed by atoms with Crippen molar-refractivity contribution >= 4 is 35.1 Å². The standard InChI is InChI=1S/C24H24ClN9OS/c25-20-17(2-6-28-23(20)33-8-3-15(13-33)22(27)35)36-19-12-29-18(11-30-19)32-9-4-24(5-10-32)14-34-16(21(24)26)1-7-31-34/h1-3,6-8,11-13,21H,4-5,9-10,14,26H2,(H2,27,35)/t21-/m1/s1. The average molecular weight is 522 g/mol. The third kappa shape index (κ3) is 3.93. The molecule has 10 nitrogen and oxygen atoms in total. The number of pyridine rings is 1. The molecule has 1 saturated heterocycles. The molecule has 1 fully saturated rings. The Morgan fingerprint density at radius 2 is 1.94 bits per heavy atom. The number of nitrogens with two attached hydrogens (primary N) is 2. The van der Waals surface area contributed by atoms with Gasteiger partial charge in [-0.25, -0.2) is 15.0 Å². The van der Waals surface area contributed by atoms with Gasteiger partial charge in [0, 0.05) is 54.7 Å². The van der Waals surface area contributed by atoms with Crippen molar-refractivity contribution in [3.63, 3.8) is 0 Å². The summed E-state index contributed by atoms with van der Waals surface area (Å²) in [4.78, 5) is 28.1. The van der Waals surface area contributed by atoms with Gasteiger partial charge in [-0.1, -0.05) is 23.4 Å². The summed E-state index contributed by atoms with van der Waals surface area (Å²) < 4.78 is 3.72. The van der Waals surface area contributed by atoms with E-state index in [2.05, 4.69) is 29.6 Å². The van der Waals surface area contributed by atoms with Crippen LogP contribution in [0.2, 0.25) is 5.02 Å². The number of hydrogen-bond donors (Lipinski definition) is 2. The van der Waals surface area contributed by atoms with Crippen molar-refractivity contribution in [1.82, 2.24) is 29.3 Å². The van der Waals surface area contributed by atoms with Crippen molar-refractivity contribution in [1.29, 1.82) is 0 Å². The van der Waals surface area contributed by atoms with Crippen LogP contribution in [0.1, 0.15) is 34.9 Å². The Bertz CT molecular complexity index is 1430. The number of rotatable bonds is 5. The molecule has 12 heteroatoms. The maximum Gasteiger partial charge on any atom is 0.250 e. The highest BCUT2D eigenvalue weighted by molar-refractivity contribution is 7.99. The molecule has 2 aliphatic heterocycles. The lowest BCUT2D eigenvalue weighted by Crippen LogP contribution is -2.45. The summed E-state index contributed by atoms with van der Waals surface area (Å²) in [7, 11) is 0. The van der Waals surface area contributed by atoms with E-state index in [1.807, 2.05) is 18.3 Å². The van der Waals surface area contributed by atoms with Gasteiger partial charge in [-0.15, -0.1) is 0 Å². The summed E-state index contributed by atoms with van der Waals surface area (Å²) in [5, 5.41) is 5.59. The first-order valence-corrected chi connectivity index (χ1v) is 12.8. The van der Waals surface area contributed by atoms with Crippen molar-refractivity contribution in [3.8, 4) is 5.82 Å². The van der Waals surface area contributed by atoms with E-state index in [-0.39, 0.29) is 11.5 Å².